The van der Waals surface area contributed by atoms with Crippen molar-refractivity contribution in [3.05, 3.63) is 53.3 Å². The Morgan fingerprint density at radius 2 is 2.19 bits per heavy atom. The summed E-state index contributed by atoms with van der Waals surface area (Å²) in [5.41, 5.74) is 2.52. The Kier molecular flexibility index (Phi) is 4.30. The molecule has 1 aliphatic heterocycles. The molecule has 0 radical (unpaired) electrons. The van der Waals surface area contributed by atoms with Gasteiger partial charge in [-0.1, -0.05) is 13.0 Å². The smallest absolute Gasteiger partial charge is 0.337 e. The van der Waals surface area contributed by atoms with Gasteiger partial charge in [-0.3, -0.25) is 4.98 Å². The predicted octanol–water partition coefficient (Wildman–Crippen LogP) is 2.70. The van der Waals surface area contributed by atoms with Crippen molar-refractivity contribution >= 4 is 5.97 Å². The number of benzene rings is 1. The average molecular weight is 368 g/mol. The van der Waals surface area contributed by atoms with Crippen LogP contribution >= 0.6 is 0 Å². The van der Waals surface area contributed by atoms with Crippen molar-refractivity contribution in [2.24, 2.45) is 5.92 Å². The van der Waals surface area contributed by atoms with E-state index < -0.39 is 5.97 Å². The number of pyridine rings is 1. The molecule has 0 amide bonds. The zero-order valence-electron chi connectivity index (χ0n) is 15.6. The van der Waals surface area contributed by atoms with Crippen molar-refractivity contribution in [2.75, 3.05) is 20.2 Å². The van der Waals surface area contributed by atoms with Gasteiger partial charge in [-0.05, 0) is 55.8 Å². The van der Waals surface area contributed by atoms with E-state index in [1.54, 1.807) is 12.3 Å². The van der Waals surface area contributed by atoms with Crippen LogP contribution in [0.4, 0.5) is 0 Å². The van der Waals surface area contributed by atoms with Crippen LogP contribution in [0.3, 0.4) is 0 Å². The van der Waals surface area contributed by atoms with Crippen LogP contribution in [0.2, 0.25) is 0 Å². The van der Waals surface area contributed by atoms with Crippen molar-refractivity contribution < 1.29 is 19.7 Å². The van der Waals surface area contributed by atoms with Gasteiger partial charge in [0, 0.05) is 23.6 Å². The lowest BCUT2D eigenvalue weighted by Crippen LogP contribution is -2.59. The van der Waals surface area contributed by atoms with Gasteiger partial charge in [-0.2, -0.15) is 0 Å². The fraction of sp³-hybridized carbons (Fsp3) is 0.429. The second kappa shape index (κ2) is 6.53. The Bertz CT molecular complexity index is 884. The van der Waals surface area contributed by atoms with Crippen molar-refractivity contribution in [3.8, 4) is 11.5 Å². The number of aromatic carboxylic acids is 1. The minimum Gasteiger partial charge on any atom is -0.508 e. The van der Waals surface area contributed by atoms with E-state index in [2.05, 4.69) is 23.9 Å². The molecule has 4 rings (SSSR count). The highest BCUT2D eigenvalue weighted by Crippen LogP contribution is 2.49. The Hall–Kier alpha value is -2.60. The van der Waals surface area contributed by atoms with E-state index in [4.69, 9.17) is 9.84 Å². The van der Waals surface area contributed by atoms with E-state index in [0.29, 0.717) is 24.1 Å². The van der Waals surface area contributed by atoms with Gasteiger partial charge in [-0.15, -0.1) is 0 Å². The first-order chi connectivity index (χ1) is 12.9. The maximum Gasteiger partial charge on any atom is 0.337 e. The Morgan fingerprint density at radius 1 is 1.37 bits per heavy atom. The van der Waals surface area contributed by atoms with Gasteiger partial charge in [0.25, 0.3) is 0 Å². The summed E-state index contributed by atoms with van der Waals surface area (Å²) in [5.74, 6) is -0.0102. The molecule has 1 unspecified atom stereocenters. The highest BCUT2D eigenvalue weighted by Gasteiger charge is 2.50. The number of ether oxygens (including phenoxy) is 1. The molecule has 0 saturated carbocycles. The van der Waals surface area contributed by atoms with Crippen LogP contribution < -0.4 is 4.74 Å². The summed E-state index contributed by atoms with van der Waals surface area (Å²) >= 11 is 0. The molecule has 1 aromatic heterocycles. The maximum atomic E-state index is 11.2. The summed E-state index contributed by atoms with van der Waals surface area (Å²) in [6.07, 6.45) is 4.77. The number of piperidine rings is 1. The van der Waals surface area contributed by atoms with E-state index in [-0.39, 0.29) is 16.9 Å². The molecular formula is C21H24N2O4. The van der Waals surface area contributed by atoms with Crippen molar-refractivity contribution in [2.45, 2.75) is 31.2 Å². The summed E-state index contributed by atoms with van der Waals surface area (Å²) in [7, 11) is 2.15. The molecule has 6 nitrogen and oxygen atoms in total. The molecule has 2 bridgehead atoms. The van der Waals surface area contributed by atoms with E-state index in [1.807, 2.05) is 12.1 Å². The van der Waals surface area contributed by atoms with Gasteiger partial charge in [0.05, 0.1) is 18.4 Å². The van der Waals surface area contributed by atoms with Crippen LogP contribution in [0, 0.1) is 5.92 Å². The van der Waals surface area contributed by atoms with Crippen molar-refractivity contribution in [1.29, 1.82) is 0 Å². The number of phenols is 1. The summed E-state index contributed by atoms with van der Waals surface area (Å²) in [6, 6.07) is 7.55. The number of likely N-dealkylation sites (N-methyl/N-ethyl adjacent to an activating group) is 1. The molecule has 1 aromatic carbocycles. The van der Waals surface area contributed by atoms with Crippen LogP contribution in [0.15, 0.2) is 36.7 Å². The lowest BCUT2D eigenvalue weighted by molar-refractivity contribution is 0.0117. The van der Waals surface area contributed by atoms with Gasteiger partial charge >= 0.3 is 5.97 Å². The molecule has 3 atom stereocenters. The Balaban J connectivity index is 1.64. The average Bonchev–Trinajstić information content (AvgIpc) is 2.65. The predicted molar refractivity (Wildman–Crippen MR) is 100 cm³/mol. The number of carboxylic acid groups (broad SMARTS) is 1. The third-order valence-electron chi connectivity index (χ3n) is 6.36. The van der Waals surface area contributed by atoms with Crippen LogP contribution in [0.1, 0.15) is 34.8 Å². The number of hydrogen-bond acceptors (Lipinski definition) is 5. The van der Waals surface area contributed by atoms with E-state index in [9.17, 15) is 9.90 Å². The lowest BCUT2D eigenvalue weighted by Gasteiger charge is -2.54. The highest BCUT2D eigenvalue weighted by molar-refractivity contribution is 5.87. The first kappa shape index (κ1) is 17.8. The van der Waals surface area contributed by atoms with E-state index in [0.717, 1.165) is 19.4 Å². The van der Waals surface area contributed by atoms with Crippen LogP contribution in [-0.2, 0) is 11.8 Å². The third-order valence-corrected chi connectivity index (χ3v) is 6.36. The molecule has 2 aromatic rings. The summed E-state index contributed by atoms with van der Waals surface area (Å²) in [5, 5.41) is 19.2. The second-order valence-electron chi connectivity index (χ2n) is 7.89. The molecule has 2 heterocycles. The largest absolute Gasteiger partial charge is 0.508 e. The summed E-state index contributed by atoms with van der Waals surface area (Å²) < 4.78 is 6.02. The summed E-state index contributed by atoms with van der Waals surface area (Å²) in [4.78, 5) is 17.5. The molecular weight excluding hydrogens is 344 g/mol. The molecule has 142 valence electrons. The lowest BCUT2D eigenvalue weighted by atomic mass is 9.58. The first-order valence-corrected chi connectivity index (χ1v) is 9.22. The molecule has 6 heteroatoms. The maximum absolute atomic E-state index is 11.2. The first-order valence-electron chi connectivity index (χ1n) is 9.22. The number of fused-ring (bicyclic) bond motifs is 4. The number of nitrogens with zero attached hydrogens (tertiary/aromatic N) is 2. The van der Waals surface area contributed by atoms with Gasteiger partial charge in [0.2, 0.25) is 0 Å². The van der Waals surface area contributed by atoms with Gasteiger partial charge in [0.15, 0.2) is 0 Å². The number of phenolic OH excluding ortho intramolecular Hbond substituents is 1. The Labute approximate surface area is 158 Å². The highest BCUT2D eigenvalue weighted by atomic mass is 16.5. The zero-order valence-corrected chi connectivity index (χ0v) is 15.6. The molecule has 1 aliphatic carbocycles. The normalized spacial score (nSPS) is 27.0. The number of aromatic hydroxyl groups is 1. The molecule has 0 spiro atoms. The standard InChI is InChI=1S/C21H24N2O4/c1-21-5-6-23(2)19(8-13-3-4-15(24)9-17(13)21)18(21)12-27-16-7-14(20(25)26)10-22-11-16/h3-4,7,9-11,18-19,24H,5-6,8,12H2,1-2H3,(H,25,26)/t18-,19?,21-/m0/s1. The zero-order chi connectivity index (χ0) is 19.2. The van der Waals surface area contributed by atoms with E-state index >= 15 is 0 Å². The molecule has 1 fully saturated rings. The number of aromatic nitrogens is 1. The molecule has 2 N–H and O–H groups in total. The Morgan fingerprint density at radius 3 is 2.96 bits per heavy atom. The van der Waals surface area contributed by atoms with Crippen molar-refractivity contribution in [3.63, 3.8) is 0 Å². The monoisotopic (exact) mass is 368 g/mol. The SMILES string of the molecule is CN1CC[C@@]2(C)c3cc(O)ccc3CC1[C@@H]2COc1cncc(C(=O)O)c1. The number of likely N-dealkylation sites (tertiary alicyclic amines) is 1. The van der Waals surface area contributed by atoms with E-state index in [1.165, 1.54) is 23.4 Å². The molecule has 2 aliphatic rings. The second-order valence-corrected chi connectivity index (χ2v) is 7.89. The summed E-state index contributed by atoms with van der Waals surface area (Å²) in [6.45, 7) is 3.73. The number of carboxylic acids is 1. The third kappa shape index (κ3) is 3.04. The molecule has 1 saturated heterocycles. The number of hydrogen-bond donors (Lipinski definition) is 2. The van der Waals surface area contributed by atoms with Gasteiger partial charge in [0.1, 0.15) is 11.5 Å². The van der Waals surface area contributed by atoms with Crippen molar-refractivity contribution in [1.82, 2.24) is 9.88 Å². The van der Waals surface area contributed by atoms with Gasteiger partial charge in [-0.25, -0.2) is 4.79 Å². The number of rotatable bonds is 4. The van der Waals surface area contributed by atoms with Crippen LogP contribution in [0.5, 0.6) is 11.5 Å². The fourth-order valence-electron chi connectivity index (χ4n) is 4.72. The quantitative estimate of drug-likeness (QED) is 0.863. The number of carbonyl (C=O) groups is 1. The van der Waals surface area contributed by atoms with Crippen LogP contribution in [0.25, 0.3) is 0 Å². The topological polar surface area (TPSA) is 82.9 Å². The fourth-order valence-corrected chi connectivity index (χ4v) is 4.72. The van der Waals surface area contributed by atoms with Gasteiger partial charge < -0.3 is 19.8 Å². The molecule has 27 heavy (non-hydrogen) atoms. The minimum absolute atomic E-state index is 0.0959. The van der Waals surface area contributed by atoms with Crippen LogP contribution in [-0.4, -0.2) is 52.3 Å². The minimum atomic E-state index is -1.02.